The normalized spacial score (nSPS) is 10.9. The van der Waals surface area contributed by atoms with Crippen LogP contribution in [0, 0.1) is 5.41 Å². The second-order valence-corrected chi connectivity index (χ2v) is 5.87. The lowest BCUT2D eigenvalue weighted by atomic mass is 9.92. The number of para-hydroxylation sites is 1. The molecule has 0 fully saturated rings. The molecule has 5 nitrogen and oxygen atoms in total. The Balaban J connectivity index is 1.96. The largest absolute Gasteiger partial charge is 0.457 e. The number of amides is 2. The number of carbonyl (C=O) groups is 2. The molecule has 0 aromatic heterocycles. The smallest absolute Gasteiger partial charge is 0.251 e. The molecule has 3 N–H and O–H groups in total. The average molecular weight is 312 g/mol. The highest BCUT2D eigenvalue weighted by Crippen LogP contribution is 2.21. The van der Waals surface area contributed by atoms with Gasteiger partial charge in [-0.25, -0.2) is 0 Å². The third-order valence-corrected chi connectivity index (χ3v) is 3.45. The summed E-state index contributed by atoms with van der Waals surface area (Å²) in [4.78, 5) is 23.3. The molecule has 0 unspecified atom stereocenters. The summed E-state index contributed by atoms with van der Waals surface area (Å²) in [6.45, 7) is 3.56. The van der Waals surface area contributed by atoms with Gasteiger partial charge in [0.2, 0.25) is 5.91 Å². The zero-order valence-electron chi connectivity index (χ0n) is 13.2. The number of primary amides is 1. The number of nitrogens with two attached hydrogens (primary N) is 1. The van der Waals surface area contributed by atoms with Crippen LogP contribution in [0.5, 0.6) is 11.5 Å². The standard InChI is InChI=1S/C18H20N2O3/c1-18(2,17(19)22)12-20-16(21)13-8-10-15(11-9-13)23-14-6-4-3-5-7-14/h3-11H,12H2,1-2H3,(H2,19,22)(H,20,21). The SMILES string of the molecule is CC(C)(CNC(=O)c1ccc(Oc2ccccc2)cc1)C(N)=O. The molecule has 0 radical (unpaired) electrons. The predicted molar refractivity (Wildman–Crippen MR) is 88.3 cm³/mol. The molecule has 0 aliphatic heterocycles. The van der Waals surface area contributed by atoms with Crippen LogP contribution in [0.1, 0.15) is 24.2 Å². The van der Waals surface area contributed by atoms with Gasteiger partial charge < -0.3 is 15.8 Å². The van der Waals surface area contributed by atoms with E-state index in [0.29, 0.717) is 11.3 Å². The summed E-state index contributed by atoms with van der Waals surface area (Å²) < 4.78 is 5.67. The third kappa shape index (κ3) is 4.57. The van der Waals surface area contributed by atoms with Crippen molar-refractivity contribution in [2.45, 2.75) is 13.8 Å². The van der Waals surface area contributed by atoms with Crippen LogP contribution in [0.25, 0.3) is 0 Å². The van der Waals surface area contributed by atoms with Gasteiger partial charge in [0.05, 0.1) is 5.41 Å². The van der Waals surface area contributed by atoms with E-state index >= 15 is 0 Å². The monoisotopic (exact) mass is 312 g/mol. The maximum atomic E-state index is 12.1. The van der Waals surface area contributed by atoms with Gasteiger partial charge in [-0.2, -0.15) is 0 Å². The van der Waals surface area contributed by atoms with Gasteiger partial charge in [-0.3, -0.25) is 9.59 Å². The van der Waals surface area contributed by atoms with Crippen LogP contribution in [0.15, 0.2) is 54.6 Å². The van der Waals surface area contributed by atoms with Crippen LogP contribution in [0.2, 0.25) is 0 Å². The Morgan fingerprint density at radius 3 is 2.13 bits per heavy atom. The Bertz CT molecular complexity index is 679. The highest BCUT2D eigenvalue weighted by molar-refractivity contribution is 5.94. The molecule has 0 heterocycles. The summed E-state index contributed by atoms with van der Waals surface area (Å²) in [5.74, 6) is 0.660. The fraction of sp³-hybridized carbons (Fsp3) is 0.222. The molecule has 5 heteroatoms. The lowest BCUT2D eigenvalue weighted by Crippen LogP contribution is -2.42. The Kier molecular flexibility index (Phi) is 5.01. The number of rotatable bonds is 6. The molecule has 0 saturated heterocycles. The van der Waals surface area contributed by atoms with Gasteiger partial charge in [-0.15, -0.1) is 0 Å². The summed E-state index contributed by atoms with van der Waals surface area (Å²) >= 11 is 0. The molecule has 0 spiro atoms. The van der Waals surface area contributed by atoms with E-state index in [1.54, 1.807) is 38.1 Å². The molecular formula is C18H20N2O3. The Morgan fingerprint density at radius 1 is 1.00 bits per heavy atom. The molecule has 0 saturated carbocycles. The fourth-order valence-corrected chi connectivity index (χ4v) is 1.79. The quantitative estimate of drug-likeness (QED) is 0.860. The maximum absolute atomic E-state index is 12.1. The molecule has 2 amide bonds. The molecule has 0 atom stereocenters. The predicted octanol–water partition coefficient (Wildman–Crippen LogP) is 2.72. The minimum atomic E-state index is -0.786. The van der Waals surface area contributed by atoms with Crippen molar-refractivity contribution in [3.63, 3.8) is 0 Å². The van der Waals surface area contributed by atoms with E-state index in [1.807, 2.05) is 30.3 Å². The topological polar surface area (TPSA) is 81.4 Å². The Morgan fingerprint density at radius 2 is 1.57 bits per heavy atom. The van der Waals surface area contributed by atoms with Crippen molar-refractivity contribution in [1.82, 2.24) is 5.32 Å². The maximum Gasteiger partial charge on any atom is 0.251 e. The molecule has 2 aromatic rings. The molecule has 2 rings (SSSR count). The average Bonchev–Trinajstić information content (AvgIpc) is 2.54. The molecule has 0 aliphatic rings. The summed E-state index contributed by atoms with van der Waals surface area (Å²) in [6, 6.07) is 16.2. The van der Waals surface area contributed by atoms with Gasteiger partial charge >= 0.3 is 0 Å². The summed E-state index contributed by atoms with van der Waals surface area (Å²) in [5.41, 5.74) is 4.99. The first-order valence-electron chi connectivity index (χ1n) is 7.29. The van der Waals surface area contributed by atoms with Crippen molar-refractivity contribution in [3.8, 4) is 11.5 Å². The second-order valence-electron chi connectivity index (χ2n) is 5.87. The Hall–Kier alpha value is -2.82. The lowest BCUT2D eigenvalue weighted by Gasteiger charge is -2.20. The number of hydrogen-bond acceptors (Lipinski definition) is 3. The molecule has 0 bridgehead atoms. The molecular weight excluding hydrogens is 292 g/mol. The van der Waals surface area contributed by atoms with Crippen LogP contribution >= 0.6 is 0 Å². The minimum Gasteiger partial charge on any atom is -0.457 e. The fourth-order valence-electron chi connectivity index (χ4n) is 1.79. The number of ether oxygens (including phenoxy) is 1. The van der Waals surface area contributed by atoms with E-state index in [9.17, 15) is 9.59 Å². The highest BCUT2D eigenvalue weighted by Gasteiger charge is 2.25. The molecule has 2 aromatic carbocycles. The van der Waals surface area contributed by atoms with E-state index in [-0.39, 0.29) is 12.5 Å². The second kappa shape index (κ2) is 6.96. The number of benzene rings is 2. The van der Waals surface area contributed by atoms with Crippen molar-refractivity contribution < 1.29 is 14.3 Å². The van der Waals surface area contributed by atoms with Crippen LogP contribution in [0.3, 0.4) is 0 Å². The number of hydrogen-bond donors (Lipinski definition) is 2. The number of carbonyl (C=O) groups excluding carboxylic acids is 2. The lowest BCUT2D eigenvalue weighted by molar-refractivity contribution is -0.125. The van der Waals surface area contributed by atoms with Gasteiger partial charge in [0, 0.05) is 12.1 Å². The van der Waals surface area contributed by atoms with Crippen LogP contribution < -0.4 is 15.8 Å². The van der Waals surface area contributed by atoms with E-state index < -0.39 is 11.3 Å². The summed E-state index contributed by atoms with van der Waals surface area (Å²) in [7, 11) is 0. The summed E-state index contributed by atoms with van der Waals surface area (Å²) in [5, 5.41) is 2.71. The van der Waals surface area contributed by atoms with Gasteiger partial charge in [0.25, 0.3) is 5.91 Å². The zero-order chi connectivity index (χ0) is 16.9. The van der Waals surface area contributed by atoms with Crippen molar-refractivity contribution >= 4 is 11.8 Å². The Labute approximate surface area is 135 Å². The molecule has 120 valence electrons. The first-order chi connectivity index (χ1) is 10.9. The molecule has 0 aliphatic carbocycles. The first-order valence-corrected chi connectivity index (χ1v) is 7.29. The zero-order valence-corrected chi connectivity index (χ0v) is 13.2. The van der Waals surface area contributed by atoms with Crippen molar-refractivity contribution in [2.75, 3.05) is 6.54 Å². The van der Waals surface area contributed by atoms with E-state index in [1.165, 1.54) is 0 Å². The highest BCUT2D eigenvalue weighted by atomic mass is 16.5. The van der Waals surface area contributed by atoms with Gasteiger partial charge in [-0.05, 0) is 50.2 Å². The van der Waals surface area contributed by atoms with E-state index in [2.05, 4.69) is 5.32 Å². The van der Waals surface area contributed by atoms with Crippen LogP contribution in [0.4, 0.5) is 0 Å². The third-order valence-electron chi connectivity index (χ3n) is 3.45. The van der Waals surface area contributed by atoms with E-state index in [4.69, 9.17) is 10.5 Å². The van der Waals surface area contributed by atoms with Gasteiger partial charge in [0.1, 0.15) is 11.5 Å². The first kappa shape index (κ1) is 16.5. The van der Waals surface area contributed by atoms with E-state index in [0.717, 1.165) is 5.75 Å². The van der Waals surface area contributed by atoms with Crippen molar-refractivity contribution in [1.29, 1.82) is 0 Å². The van der Waals surface area contributed by atoms with Crippen molar-refractivity contribution in [2.24, 2.45) is 11.1 Å². The van der Waals surface area contributed by atoms with Gasteiger partial charge in [-0.1, -0.05) is 18.2 Å². The number of nitrogens with one attached hydrogen (secondary N) is 1. The van der Waals surface area contributed by atoms with Crippen molar-refractivity contribution in [3.05, 3.63) is 60.2 Å². The minimum absolute atomic E-state index is 0.184. The van der Waals surface area contributed by atoms with Crippen LogP contribution in [-0.2, 0) is 4.79 Å². The summed E-state index contributed by atoms with van der Waals surface area (Å²) in [6.07, 6.45) is 0. The molecule has 23 heavy (non-hydrogen) atoms. The van der Waals surface area contributed by atoms with Gasteiger partial charge in [0.15, 0.2) is 0 Å². The van der Waals surface area contributed by atoms with Crippen LogP contribution in [-0.4, -0.2) is 18.4 Å².